The average molecular weight is 206 g/mol. The van der Waals surface area contributed by atoms with Crippen LogP contribution in [0.25, 0.3) is 0 Å². The summed E-state index contributed by atoms with van der Waals surface area (Å²) in [5, 5.41) is 0. The van der Waals surface area contributed by atoms with Crippen molar-refractivity contribution in [1.29, 1.82) is 0 Å². The molecule has 0 N–H and O–H groups in total. The number of ketones is 1. The molecule has 0 amide bonds. The predicted octanol–water partition coefficient (Wildman–Crippen LogP) is 2.96. The number of hydrogen-bond donors (Lipinski definition) is 0. The van der Waals surface area contributed by atoms with Gasteiger partial charge in [-0.25, -0.2) is 0 Å². The molecule has 15 heavy (non-hydrogen) atoms. The molecule has 0 aromatic heterocycles. The summed E-state index contributed by atoms with van der Waals surface area (Å²) >= 11 is 0. The van der Waals surface area contributed by atoms with Crippen LogP contribution in [0.2, 0.25) is 0 Å². The van der Waals surface area contributed by atoms with Gasteiger partial charge in [-0.15, -0.1) is 0 Å². The zero-order chi connectivity index (χ0) is 10.9. The maximum absolute atomic E-state index is 11.0. The molecule has 1 aromatic rings. The molecule has 0 heterocycles. The summed E-state index contributed by atoms with van der Waals surface area (Å²) in [5.41, 5.74) is 1.18. The quantitative estimate of drug-likeness (QED) is 0.641. The lowest BCUT2D eigenvalue weighted by molar-refractivity contribution is -0.119. The molecule has 2 heteroatoms. The number of rotatable bonds is 7. The molecule has 0 radical (unpaired) electrons. The van der Waals surface area contributed by atoms with Gasteiger partial charge in [0.2, 0.25) is 0 Å². The van der Waals surface area contributed by atoms with Gasteiger partial charge in [-0.1, -0.05) is 37.3 Å². The third-order valence-electron chi connectivity index (χ3n) is 2.25. The first-order chi connectivity index (χ1) is 7.33. The van der Waals surface area contributed by atoms with Crippen LogP contribution in [0.4, 0.5) is 0 Å². The van der Waals surface area contributed by atoms with Crippen LogP contribution in [0.3, 0.4) is 0 Å². The van der Waals surface area contributed by atoms with Crippen LogP contribution in [0.5, 0.6) is 0 Å². The van der Waals surface area contributed by atoms with Gasteiger partial charge >= 0.3 is 0 Å². The molecule has 1 rings (SSSR count). The van der Waals surface area contributed by atoms with E-state index >= 15 is 0 Å². The van der Waals surface area contributed by atoms with E-state index in [4.69, 9.17) is 4.74 Å². The van der Waals surface area contributed by atoms with E-state index in [9.17, 15) is 4.79 Å². The molecule has 0 spiro atoms. The Labute approximate surface area is 91.3 Å². The van der Waals surface area contributed by atoms with Gasteiger partial charge in [-0.3, -0.25) is 4.79 Å². The molecule has 0 fully saturated rings. The molecular formula is C13H18O2. The molecule has 82 valence electrons. The molecule has 0 saturated heterocycles. The van der Waals surface area contributed by atoms with Crippen molar-refractivity contribution >= 4 is 5.78 Å². The second-order valence-corrected chi connectivity index (χ2v) is 3.53. The van der Waals surface area contributed by atoms with Crippen molar-refractivity contribution in [2.75, 3.05) is 6.61 Å². The Hall–Kier alpha value is -1.15. The summed E-state index contributed by atoms with van der Waals surface area (Å²) in [5.74, 6) is 0.318. The van der Waals surface area contributed by atoms with Crippen molar-refractivity contribution in [1.82, 2.24) is 0 Å². The summed E-state index contributed by atoms with van der Waals surface area (Å²) in [7, 11) is 0. The second kappa shape index (κ2) is 7.18. The molecule has 0 aliphatic carbocycles. The van der Waals surface area contributed by atoms with Gasteiger partial charge < -0.3 is 4.74 Å². The minimum absolute atomic E-state index is 0.318. The van der Waals surface area contributed by atoms with Crippen LogP contribution in [-0.4, -0.2) is 12.4 Å². The maximum Gasteiger partial charge on any atom is 0.132 e. The van der Waals surface area contributed by atoms with Crippen LogP contribution in [0.15, 0.2) is 30.3 Å². The summed E-state index contributed by atoms with van der Waals surface area (Å²) in [6, 6.07) is 10.1. The minimum atomic E-state index is 0.318. The Morgan fingerprint density at radius 3 is 2.67 bits per heavy atom. The van der Waals surface area contributed by atoms with E-state index in [1.807, 2.05) is 37.3 Å². The fourth-order valence-corrected chi connectivity index (χ4v) is 1.31. The monoisotopic (exact) mass is 206 g/mol. The Kier molecular flexibility index (Phi) is 5.71. The van der Waals surface area contributed by atoms with Gasteiger partial charge in [0.1, 0.15) is 5.78 Å². The van der Waals surface area contributed by atoms with Crippen molar-refractivity contribution in [2.45, 2.75) is 32.8 Å². The number of ether oxygens (including phenoxy) is 1. The first-order valence-electron chi connectivity index (χ1n) is 5.46. The van der Waals surface area contributed by atoms with Gasteiger partial charge in [-0.2, -0.15) is 0 Å². The van der Waals surface area contributed by atoms with E-state index < -0.39 is 0 Å². The third-order valence-corrected chi connectivity index (χ3v) is 2.25. The van der Waals surface area contributed by atoms with Crippen LogP contribution in [0, 0.1) is 0 Å². The maximum atomic E-state index is 11.0. The number of carbonyl (C=O) groups is 1. The smallest absolute Gasteiger partial charge is 0.132 e. The SMILES string of the molecule is CCC(=O)CCCOCc1ccccc1. The fraction of sp³-hybridized carbons (Fsp3) is 0.462. The van der Waals surface area contributed by atoms with Gasteiger partial charge in [0.05, 0.1) is 6.61 Å². The van der Waals surface area contributed by atoms with E-state index in [0.29, 0.717) is 31.8 Å². The molecule has 0 unspecified atom stereocenters. The van der Waals surface area contributed by atoms with Gasteiger partial charge in [0.25, 0.3) is 0 Å². The summed E-state index contributed by atoms with van der Waals surface area (Å²) in [6.07, 6.45) is 2.11. The van der Waals surface area contributed by atoms with Crippen molar-refractivity contribution in [3.05, 3.63) is 35.9 Å². The standard InChI is InChI=1S/C13H18O2/c1-2-13(14)9-6-10-15-11-12-7-4-3-5-8-12/h3-5,7-8H,2,6,9-11H2,1H3. The van der Waals surface area contributed by atoms with E-state index in [0.717, 1.165) is 6.42 Å². The summed E-state index contributed by atoms with van der Waals surface area (Å²) in [6.45, 7) is 3.20. The largest absolute Gasteiger partial charge is 0.377 e. The zero-order valence-corrected chi connectivity index (χ0v) is 9.24. The predicted molar refractivity (Wildman–Crippen MR) is 60.6 cm³/mol. The minimum Gasteiger partial charge on any atom is -0.377 e. The highest BCUT2D eigenvalue weighted by Gasteiger charge is 1.97. The molecule has 0 aliphatic rings. The lowest BCUT2D eigenvalue weighted by Gasteiger charge is -2.03. The Balaban J connectivity index is 2.05. The normalized spacial score (nSPS) is 10.2. The van der Waals surface area contributed by atoms with E-state index in [-0.39, 0.29) is 0 Å². The summed E-state index contributed by atoms with van der Waals surface area (Å²) in [4.78, 5) is 11.0. The van der Waals surface area contributed by atoms with Crippen molar-refractivity contribution in [3.8, 4) is 0 Å². The molecule has 0 atom stereocenters. The van der Waals surface area contributed by atoms with Crippen molar-refractivity contribution in [2.24, 2.45) is 0 Å². The highest BCUT2D eigenvalue weighted by atomic mass is 16.5. The molecule has 0 bridgehead atoms. The van der Waals surface area contributed by atoms with Gasteiger partial charge in [0.15, 0.2) is 0 Å². The zero-order valence-electron chi connectivity index (χ0n) is 9.24. The van der Waals surface area contributed by atoms with Crippen molar-refractivity contribution in [3.63, 3.8) is 0 Å². The number of hydrogen-bond acceptors (Lipinski definition) is 2. The van der Waals surface area contributed by atoms with Crippen LogP contribution >= 0.6 is 0 Å². The van der Waals surface area contributed by atoms with Crippen molar-refractivity contribution < 1.29 is 9.53 Å². The molecule has 1 aromatic carbocycles. The van der Waals surface area contributed by atoms with E-state index in [1.54, 1.807) is 0 Å². The lowest BCUT2D eigenvalue weighted by Crippen LogP contribution is -2.00. The van der Waals surface area contributed by atoms with E-state index in [1.165, 1.54) is 5.56 Å². The fourth-order valence-electron chi connectivity index (χ4n) is 1.31. The summed E-state index contributed by atoms with van der Waals surface area (Å²) < 4.78 is 5.46. The molecule has 2 nitrogen and oxygen atoms in total. The lowest BCUT2D eigenvalue weighted by atomic mass is 10.2. The molecule has 0 aliphatic heterocycles. The highest BCUT2D eigenvalue weighted by Crippen LogP contribution is 2.02. The first-order valence-corrected chi connectivity index (χ1v) is 5.46. The number of benzene rings is 1. The van der Waals surface area contributed by atoms with Gasteiger partial charge in [-0.05, 0) is 12.0 Å². The van der Waals surface area contributed by atoms with Crippen LogP contribution < -0.4 is 0 Å². The number of carbonyl (C=O) groups excluding carboxylic acids is 1. The Bertz CT molecular complexity index is 280. The topological polar surface area (TPSA) is 26.3 Å². The number of Topliss-reactive ketones (excluding diaryl/α,β-unsaturated/α-hetero) is 1. The highest BCUT2D eigenvalue weighted by molar-refractivity contribution is 5.77. The average Bonchev–Trinajstić information content (AvgIpc) is 2.29. The Morgan fingerprint density at radius 1 is 1.27 bits per heavy atom. The van der Waals surface area contributed by atoms with Gasteiger partial charge in [0, 0.05) is 19.4 Å². The second-order valence-electron chi connectivity index (χ2n) is 3.53. The molecule has 0 saturated carbocycles. The van der Waals surface area contributed by atoms with Crippen LogP contribution in [0.1, 0.15) is 31.7 Å². The van der Waals surface area contributed by atoms with Crippen LogP contribution in [-0.2, 0) is 16.1 Å². The molecular weight excluding hydrogens is 188 g/mol. The van der Waals surface area contributed by atoms with E-state index in [2.05, 4.69) is 0 Å². The Morgan fingerprint density at radius 2 is 2.00 bits per heavy atom. The first kappa shape index (κ1) is 11.9. The third kappa shape index (κ3) is 5.33.